The van der Waals surface area contributed by atoms with Gasteiger partial charge in [-0.2, -0.15) is 0 Å². The first-order chi connectivity index (χ1) is 14.4. The molecule has 2 aromatic rings. The number of ether oxygens (including phenoxy) is 2. The van der Waals surface area contributed by atoms with Gasteiger partial charge in [0, 0.05) is 23.6 Å². The van der Waals surface area contributed by atoms with Gasteiger partial charge in [0.05, 0.1) is 17.3 Å². The number of carbonyl (C=O) groups is 3. The van der Waals surface area contributed by atoms with Crippen molar-refractivity contribution >= 4 is 52.4 Å². The normalized spacial score (nSPS) is 10.2. The third-order valence-electron chi connectivity index (χ3n) is 3.80. The highest BCUT2D eigenvalue weighted by molar-refractivity contribution is 6.36. The van der Waals surface area contributed by atoms with Crippen LogP contribution < -0.4 is 15.4 Å². The Balaban J connectivity index is 1.64. The highest BCUT2D eigenvalue weighted by atomic mass is 35.5. The fourth-order valence-corrected chi connectivity index (χ4v) is 2.87. The molecule has 0 aliphatic rings. The molecule has 0 unspecified atom stereocenters. The maximum atomic E-state index is 11.9. The van der Waals surface area contributed by atoms with E-state index in [4.69, 9.17) is 32.7 Å². The smallest absolute Gasteiger partial charge is 0.306 e. The summed E-state index contributed by atoms with van der Waals surface area (Å²) in [6, 6.07) is 11.6. The molecule has 9 heteroatoms. The fourth-order valence-electron chi connectivity index (χ4n) is 2.41. The molecule has 0 aliphatic carbocycles. The zero-order chi connectivity index (χ0) is 21.9. The number of halogens is 2. The molecule has 0 bridgehead atoms. The lowest BCUT2D eigenvalue weighted by atomic mass is 10.2. The van der Waals surface area contributed by atoms with Crippen LogP contribution in [0.2, 0.25) is 10.0 Å². The van der Waals surface area contributed by atoms with Gasteiger partial charge in [0.25, 0.3) is 5.91 Å². The first-order valence-corrected chi connectivity index (χ1v) is 10.1. The average Bonchev–Trinajstić information content (AvgIpc) is 2.70. The molecule has 0 spiro atoms. The van der Waals surface area contributed by atoms with Crippen LogP contribution in [0.25, 0.3) is 0 Å². The summed E-state index contributed by atoms with van der Waals surface area (Å²) in [5.41, 5.74) is 1.01. The van der Waals surface area contributed by atoms with Crippen molar-refractivity contribution in [3.63, 3.8) is 0 Å². The largest absolute Gasteiger partial charge is 0.494 e. The first kappa shape index (κ1) is 23.5. The van der Waals surface area contributed by atoms with Gasteiger partial charge in [0.2, 0.25) is 5.91 Å². The van der Waals surface area contributed by atoms with Crippen molar-refractivity contribution in [2.75, 3.05) is 23.8 Å². The minimum atomic E-state index is -0.568. The number of esters is 1. The van der Waals surface area contributed by atoms with Crippen molar-refractivity contribution in [3.05, 3.63) is 52.5 Å². The molecule has 0 saturated carbocycles. The number of nitrogens with one attached hydrogen (secondary N) is 2. The van der Waals surface area contributed by atoms with Crippen LogP contribution in [0.1, 0.15) is 26.2 Å². The Hall–Kier alpha value is -2.77. The number of hydrogen-bond acceptors (Lipinski definition) is 5. The van der Waals surface area contributed by atoms with Crippen LogP contribution in [-0.4, -0.2) is 31.0 Å². The Labute approximate surface area is 184 Å². The number of anilines is 2. The summed E-state index contributed by atoms with van der Waals surface area (Å²) >= 11 is 11.8. The van der Waals surface area contributed by atoms with Crippen LogP contribution in [0.15, 0.2) is 42.5 Å². The highest BCUT2D eigenvalue weighted by Crippen LogP contribution is 2.25. The lowest BCUT2D eigenvalue weighted by Crippen LogP contribution is -2.21. The monoisotopic (exact) mass is 452 g/mol. The van der Waals surface area contributed by atoms with E-state index < -0.39 is 18.5 Å². The Morgan fingerprint density at radius 3 is 2.33 bits per heavy atom. The Morgan fingerprint density at radius 1 is 0.933 bits per heavy atom. The van der Waals surface area contributed by atoms with Gasteiger partial charge in [-0.25, -0.2) is 0 Å². The van der Waals surface area contributed by atoms with E-state index in [1.165, 1.54) is 6.07 Å². The van der Waals surface area contributed by atoms with E-state index in [1.807, 2.05) is 6.92 Å². The van der Waals surface area contributed by atoms with Gasteiger partial charge in [-0.15, -0.1) is 0 Å². The Morgan fingerprint density at radius 2 is 1.67 bits per heavy atom. The van der Waals surface area contributed by atoms with Crippen molar-refractivity contribution in [3.8, 4) is 5.75 Å². The van der Waals surface area contributed by atoms with E-state index in [0.717, 1.165) is 5.75 Å². The first-order valence-electron chi connectivity index (χ1n) is 9.30. The minimum absolute atomic E-state index is 0.0195. The van der Waals surface area contributed by atoms with E-state index in [9.17, 15) is 14.4 Å². The van der Waals surface area contributed by atoms with Crippen LogP contribution in [0, 0.1) is 0 Å². The topological polar surface area (TPSA) is 93.7 Å². The number of hydrogen-bond donors (Lipinski definition) is 2. The predicted octanol–water partition coefficient (Wildman–Crippen LogP) is 4.68. The number of benzene rings is 2. The van der Waals surface area contributed by atoms with Crippen molar-refractivity contribution in [1.82, 2.24) is 0 Å². The second-order valence-electron chi connectivity index (χ2n) is 6.19. The van der Waals surface area contributed by atoms with E-state index in [-0.39, 0.29) is 23.8 Å². The van der Waals surface area contributed by atoms with E-state index in [2.05, 4.69) is 10.6 Å². The van der Waals surface area contributed by atoms with E-state index in [0.29, 0.717) is 29.4 Å². The van der Waals surface area contributed by atoms with Gasteiger partial charge < -0.3 is 20.1 Å². The Kier molecular flexibility index (Phi) is 9.44. The molecular weight excluding hydrogens is 431 g/mol. The molecule has 2 aromatic carbocycles. The molecule has 0 radical (unpaired) electrons. The molecule has 0 atom stereocenters. The second-order valence-corrected chi connectivity index (χ2v) is 7.04. The average molecular weight is 453 g/mol. The highest BCUT2D eigenvalue weighted by Gasteiger charge is 2.11. The number of amides is 2. The van der Waals surface area contributed by atoms with E-state index >= 15 is 0 Å². The quantitative estimate of drug-likeness (QED) is 0.510. The third-order valence-corrected chi connectivity index (χ3v) is 4.35. The van der Waals surface area contributed by atoms with Crippen molar-refractivity contribution in [1.29, 1.82) is 0 Å². The van der Waals surface area contributed by atoms with Gasteiger partial charge in [-0.3, -0.25) is 14.4 Å². The van der Waals surface area contributed by atoms with E-state index in [1.54, 1.807) is 36.4 Å². The molecule has 0 heterocycles. The fraction of sp³-hybridized carbons (Fsp3) is 0.286. The predicted molar refractivity (Wildman–Crippen MR) is 116 cm³/mol. The summed E-state index contributed by atoms with van der Waals surface area (Å²) in [6.45, 7) is 2.01. The van der Waals surface area contributed by atoms with Crippen molar-refractivity contribution in [2.24, 2.45) is 0 Å². The summed E-state index contributed by atoms with van der Waals surface area (Å²) in [4.78, 5) is 35.6. The Bertz CT molecular complexity index is 887. The van der Waals surface area contributed by atoms with Gasteiger partial charge in [0.1, 0.15) is 5.75 Å². The third kappa shape index (κ3) is 8.31. The molecule has 2 amide bonds. The summed E-state index contributed by atoms with van der Waals surface area (Å²) < 4.78 is 10.2. The molecule has 0 saturated heterocycles. The summed E-state index contributed by atoms with van der Waals surface area (Å²) in [6.07, 6.45) is 0.465. The van der Waals surface area contributed by atoms with Crippen LogP contribution in [0.4, 0.5) is 11.4 Å². The molecule has 160 valence electrons. The number of carbonyl (C=O) groups excluding carboxylic acids is 3. The molecule has 7 nitrogen and oxygen atoms in total. The van der Waals surface area contributed by atoms with Gasteiger partial charge in [-0.1, -0.05) is 23.2 Å². The van der Waals surface area contributed by atoms with Gasteiger partial charge >= 0.3 is 5.97 Å². The van der Waals surface area contributed by atoms with Crippen molar-refractivity contribution in [2.45, 2.75) is 26.2 Å². The molecule has 0 fully saturated rings. The zero-order valence-corrected chi connectivity index (χ0v) is 17.9. The molecule has 0 aromatic heterocycles. The van der Waals surface area contributed by atoms with Crippen LogP contribution in [0.5, 0.6) is 5.75 Å². The molecular formula is C21H22Cl2N2O5. The lowest BCUT2D eigenvalue weighted by Gasteiger charge is -2.09. The summed E-state index contributed by atoms with van der Waals surface area (Å²) in [5.74, 6) is -0.593. The number of rotatable bonds is 10. The summed E-state index contributed by atoms with van der Waals surface area (Å²) in [5, 5.41) is 5.98. The maximum Gasteiger partial charge on any atom is 0.306 e. The van der Waals surface area contributed by atoms with Crippen LogP contribution in [0.3, 0.4) is 0 Å². The molecule has 30 heavy (non-hydrogen) atoms. The lowest BCUT2D eigenvalue weighted by molar-refractivity contribution is -0.147. The van der Waals surface area contributed by atoms with Gasteiger partial charge in [-0.05, 0) is 55.8 Å². The molecule has 0 aliphatic heterocycles. The van der Waals surface area contributed by atoms with Gasteiger partial charge in [0.15, 0.2) is 6.61 Å². The SMILES string of the molecule is CCOc1ccc(NC(=O)CCCC(=O)OCC(=O)Nc2ccc(Cl)cc2Cl)cc1. The minimum Gasteiger partial charge on any atom is -0.494 e. The molecule has 2 rings (SSSR count). The molecule has 2 N–H and O–H groups in total. The second kappa shape index (κ2) is 12.0. The van der Waals surface area contributed by atoms with Crippen molar-refractivity contribution < 1.29 is 23.9 Å². The standard InChI is InChI=1S/C21H22Cl2N2O5/c1-2-29-16-9-7-15(8-10-16)24-19(26)4-3-5-21(28)30-13-20(27)25-18-11-6-14(22)12-17(18)23/h6-12H,2-5,13H2,1H3,(H,24,26)(H,25,27). The van der Waals surface area contributed by atoms with Crippen LogP contribution in [-0.2, 0) is 19.1 Å². The zero-order valence-electron chi connectivity index (χ0n) is 16.4. The maximum absolute atomic E-state index is 11.9. The summed E-state index contributed by atoms with van der Waals surface area (Å²) in [7, 11) is 0. The van der Waals surface area contributed by atoms with Crippen LogP contribution >= 0.6 is 23.2 Å².